The quantitative estimate of drug-likeness (QED) is 0.354. The second-order valence-electron chi connectivity index (χ2n) is 9.63. The number of halogens is 2. The average molecular weight is 494 g/mol. The van der Waals surface area contributed by atoms with E-state index in [1.165, 1.54) is 45.2 Å². The number of hydrogen-bond acceptors (Lipinski definition) is 3. The minimum absolute atomic E-state index is 0.0269. The van der Waals surface area contributed by atoms with Gasteiger partial charge in [0.05, 0.1) is 11.4 Å². The number of allylic oxidation sites excluding steroid dienone is 2. The zero-order chi connectivity index (χ0) is 26.2. The molecule has 2 N–H and O–H groups in total. The van der Waals surface area contributed by atoms with E-state index >= 15 is 0 Å². The number of nitrogens with one attached hydrogen (secondary N) is 2. The standard InChI is InChI=1S/C30H37F2N3O/c1-6-24-16-25(13-15-27(24)30(36)34-18-23-10-8-7-9-11-23)35-22(5)21(4)33-17-20(3)26-14-12-19(2)28(31)29(26)32/h12-17,23,35H,5-11,18H2,1-4H3,(H,34,36)/b20-17+,33-21?. The zero-order valence-electron chi connectivity index (χ0n) is 21.8. The van der Waals surface area contributed by atoms with Crippen LogP contribution in [-0.4, -0.2) is 18.2 Å². The van der Waals surface area contributed by atoms with Crippen LogP contribution in [0.2, 0.25) is 0 Å². The highest BCUT2D eigenvalue weighted by molar-refractivity contribution is 6.01. The Bertz CT molecular complexity index is 1180. The van der Waals surface area contributed by atoms with Crippen LogP contribution in [0.15, 0.2) is 53.8 Å². The summed E-state index contributed by atoms with van der Waals surface area (Å²) in [6, 6.07) is 8.76. The van der Waals surface area contributed by atoms with Gasteiger partial charge in [0.1, 0.15) is 0 Å². The SMILES string of the molecule is C=C(Nc1ccc(C(=O)NCC2CCCCC2)c(CC)c1)C(C)=N/C=C(\C)c1ccc(C)c(F)c1F. The molecular formula is C30H37F2N3O. The van der Waals surface area contributed by atoms with Crippen LogP contribution in [0, 0.1) is 24.5 Å². The molecule has 1 saturated carbocycles. The molecule has 2 aromatic rings. The van der Waals surface area contributed by atoms with Crippen LogP contribution in [0.1, 0.15) is 79.9 Å². The summed E-state index contributed by atoms with van der Waals surface area (Å²) in [6.45, 7) is 11.8. The number of nitrogens with zero attached hydrogens (tertiary/aromatic N) is 1. The Kier molecular flexibility index (Phi) is 9.57. The smallest absolute Gasteiger partial charge is 0.251 e. The van der Waals surface area contributed by atoms with Crippen LogP contribution in [0.3, 0.4) is 0 Å². The Morgan fingerprint density at radius 3 is 2.47 bits per heavy atom. The van der Waals surface area contributed by atoms with Crippen LogP contribution in [0.5, 0.6) is 0 Å². The van der Waals surface area contributed by atoms with Gasteiger partial charge in [-0.05, 0) is 80.9 Å². The summed E-state index contributed by atoms with van der Waals surface area (Å²) >= 11 is 0. The molecule has 0 saturated heterocycles. The van der Waals surface area contributed by atoms with E-state index < -0.39 is 11.6 Å². The lowest BCUT2D eigenvalue weighted by Crippen LogP contribution is -2.30. The largest absolute Gasteiger partial charge is 0.355 e. The molecule has 6 heteroatoms. The number of benzene rings is 2. The van der Waals surface area contributed by atoms with E-state index in [4.69, 9.17) is 0 Å². The van der Waals surface area contributed by atoms with E-state index in [9.17, 15) is 13.6 Å². The lowest BCUT2D eigenvalue weighted by atomic mass is 9.89. The molecule has 0 unspecified atom stereocenters. The van der Waals surface area contributed by atoms with E-state index in [-0.39, 0.29) is 17.0 Å². The highest BCUT2D eigenvalue weighted by atomic mass is 19.2. The minimum Gasteiger partial charge on any atom is -0.355 e. The molecule has 0 aromatic heterocycles. The molecule has 36 heavy (non-hydrogen) atoms. The zero-order valence-corrected chi connectivity index (χ0v) is 21.8. The van der Waals surface area contributed by atoms with Crippen molar-refractivity contribution in [2.75, 3.05) is 11.9 Å². The summed E-state index contributed by atoms with van der Waals surface area (Å²) < 4.78 is 28.2. The van der Waals surface area contributed by atoms with Gasteiger partial charge in [0.15, 0.2) is 11.6 Å². The van der Waals surface area contributed by atoms with Gasteiger partial charge in [-0.25, -0.2) is 8.78 Å². The first-order valence-corrected chi connectivity index (χ1v) is 12.7. The summed E-state index contributed by atoms with van der Waals surface area (Å²) in [6.07, 6.45) is 8.43. The Hall–Kier alpha value is -3.28. The number of anilines is 1. The molecule has 0 heterocycles. The molecule has 1 aliphatic carbocycles. The minimum atomic E-state index is -0.872. The van der Waals surface area contributed by atoms with Crippen LogP contribution >= 0.6 is 0 Å². The van der Waals surface area contributed by atoms with Crippen LogP contribution in [0.25, 0.3) is 5.57 Å². The van der Waals surface area contributed by atoms with Gasteiger partial charge in [-0.2, -0.15) is 0 Å². The van der Waals surface area contributed by atoms with Crippen LogP contribution in [0.4, 0.5) is 14.5 Å². The third-order valence-electron chi connectivity index (χ3n) is 6.89. The van der Waals surface area contributed by atoms with Crippen molar-refractivity contribution >= 4 is 22.9 Å². The molecule has 4 nitrogen and oxygen atoms in total. The highest BCUT2D eigenvalue weighted by Gasteiger charge is 2.17. The molecule has 1 fully saturated rings. The van der Waals surface area contributed by atoms with Crippen molar-refractivity contribution in [2.24, 2.45) is 10.9 Å². The second-order valence-corrected chi connectivity index (χ2v) is 9.63. The maximum absolute atomic E-state index is 14.3. The number of amides is 1. The van der Waals surface area contributed by atoms with Gasteiger partial charge < -0.3 is 10.6 Å². The van der Waals surface area contributed by atoms with Gasteiger partial charge >= 0.3 is 0 Å². The number of rotatable bonds is 9. The second kappa shape index (κ2) is 12.6. The number of hydrogen-bond donors (Lipinski definition) is 2. The van der Waals surface area contributed by atoms with Gasteiger partial charge in [0.25, 0.3) is 5.91 Å². The molecule has 1 amide bonds. The van der Waals surface area contributed by atoms with Crippen molar-refractivity contribution in [3.05, 3.63) is 82.7 Å². The summed E-state index contributed by atoms with van der Waals surface area (Å²) in [4.78, 5) is 17.2. The number of carbonyl (C=O) groups is 1. The van der Waals surface area contributed by atoms with Crippen molar-refractivity contribution in [1.29, 1.82) is 0 Å². The fraction of sp³-hybridized carbons (Fsp3) is 0.400. The third-order valence-corrected chi connectivity index (χ3v) is 6.89. The van der Waals surface area contributed by atoms with Crippen LogP contribution < -0.4 is 10.6 Å². The van der Waals surface area contributed by atoms with Gasteiger partial charge in [-0.3, -0.25) is 9.79 Å². The third kappa shape index (κ3) is 6.90. The topological polar surface area (TPSA) is 53.5 Å². The van der Waals surface area contributed by atoms with Gasteiger partial charge in [-0.15, -0.1) is 0 Å². The monoisotopic (exact) mass is 493 g/mol. The van der Waals surface area contributed by atoms with E-state index in [0.717, 1.165) is 24.2 Å². The molecule has 0 radical (unpaired) electrons. The van der Waals surface area contributed by atoms with Gasteiger partial charge in [0.2, 0.25) is 0 Å². The summed E-state index contributed by atoms with van der Waals surface area (Å²) in [5.74, 6) is -1.16. The molecule has 192 valence electrons. The average Bonchev–Trinajstić information content (AvgIpc) is 2.89. The Morgan fingerprint density at radius 1 is 1.08 bits per heavy atom. The summed E-state index contributed by atoms with van der Waals surface area (Å²) in [7, 11) is 0. The molecule has 0 atom stereocenters. The predicted octanol–water partition coefficient (Wildman–Crippen LogP) is 7.59. The maximum Gasteiger partial charge on any atom is 0.251 e. The first-order valence-electron chi connectivity index (χ1n) is 12.7. The molecule has 1 aliphatic rings. The van der Waals surface area contributed by atoms with Crippen molar-refractivity contribution in [3.8, 4) is 0 Å². The fourth-order valence-corrected chi connectivity index (χ4v) is 4.47. The summed E-state index contributed by atoms with van der Waals surface area (Å²) in [5.41, 5.74) is 4.59. The Labute approximate surface area is 213 Å². The fourth-order valence-electron chi connectivity index (χ4n) is 4.47. The van der Waals surface area contributed by atoms with Crippen molar-refractivity contribution in [1.82, 2.24) is 5.32 Å². The first kappa shape index (κ1) is 27.3. The van der Waals surface area contributed by atoms with E-state index in [0.29, 0.717) is 28.5 Å². The predicted molar refractivity (Wildman–Crippen MR) is 145 cm³/mol. The van der Waals surface area contributed by atoms with Gasteiger partial charge in [0, 0.05) is 29.6 Å². The molecule has 3 rings (SSSR count). The van der Waals surface area contributed by atoms with Crippen LogP contribution in [-0.2, 0) is 6.42 Å². The van der Waals surface area contributed by atoms with Crippen molar-refractivity contribution < 1.29 is 13.6 Å². The number of aryl methyl sites for hydroxylation is 2. The summed E-state index contributed by atoms with van der Waals surface area (Å²) in [5, 5.41) is 6.36. The molecular weight excluding hydrogens is 456 g/mol. The Morgan fingerprint density at radius 2 is 1.78 bits per heavy atom. The number of aliphatic imine (C=N–C) groups is 1. The maximum atomic E-state index is 14.3. The lowest BCUT2D eigenvalue weighted by Gasteiger charge is -2.22. The molecule has 0 bridgehead atoms. The highest BCUT2D eigenvalue weighted by Crippen LogP contribution is 2.24. The molecule has 0 aliphatic heterocycles. The van der Waals surface area contributed by atoms with E-state index in [1.807, 2.05) is 25.1 Å². The van der Waals surface area contributed by atoms with E-state index in [1.54, 1.807) is 26.0 Å². The normalized spacial score (nSPS) is 15.1. The molecule has 2 aromatic carbocycles. The Balaban J connectivity index is 1.66. The lowest BCUT2D eigenvalue weighted by molar-refractivity contribution is 0.0942. The van der Waals surface area contributed by atoms with Crippen molar-refractivity contribution in [2.45, 2.75) is 66.2 Å². The molecule has 0 spiro atoms. The van der Waals surface area contributed by atoms with Gasteiger partial charge in [-0.1, -0.05) is 44.9 Å². The van der Waals surface area contributed by atoms with Crippen molar-refractivity contribution in [3.63, 3.8) is 0 Å². The van der Waals surface area contributed by atoms with E-state index in [2.05, 4.69) is 22.2 Å². The number of carbonyl (C=O) groups excluding carboxylic acids is 1. The first-order chi connectivity index (χ1) is 17.2.